The standard InChI is InChI=1S/C13H20ClNOS/c1-13(2,3)12(15-4)9-17(16)11-7-5-10(14)6-8-11/h5-8,12,15H,9H2,1-4H3. The zero-order chi connectivity index (χ0) is 13.1. The van der Waals surface area contributed by atoms with Gasteiger partial charge in [0.05, 0.1) is 10.8 Å². The summed E-state index contributed by atoms with van der Waals surface area (Å²) in [6.45, 7) is 6.44. The average Bonchev–Trinajstić information content (AvgIpc) is 2.24. The first-order valence-corrected chi connectivity index (χ1v) is 7.35. The van der Waals surface area contributed by atoms with Gasteiger partial charge in [-0.1, -0.05) is 32.4 Å². The van der Waals surface area contributed by atoms with Crippen LogP contribution in [0.4, 0.5) is 0 Å². The van der Waals surface area contributed by atoms with Crippen molar-refractivity contribution in [3.63, 3.8) is 0 Å². The number of halogens is 1. The molecule has 2 atom stereocenters. The molecule has 0 amide bonds. The van der Waals surface area contributed by atoms with Gasteiger partial charge in [-0.3, -0.25) is 4.21 Å². The number of benzene rings is 1. The van der Waals surface area contributed by atoms with Crippen molar-refractivity contribution >= 4 is 22.4 Å². The van der Waals surface area contributed by atoms with Gasteiger partial charge in [0, 0.05) is 21.7 Å². The summed E-state index contributed by atoms with van der Waals surface area (Å²) in [5.74, 6) is 0.613. The molecule has 17 heavy (non-hydrogen) atoms. The van der Waals surface area contributed by atoms with Gasteiger partial charge in [-0.05, 0) is 36.7 Å². The largest absolute Gasteiger partial charge is 0.316 e. The van der Waals surface area contributed by atoms with Crippen LogP contribution in [0.5, 0.6) is 0 Å². The third kappa shape index (κ3) is 4.41. The Morgan fingerprint density at radius 3 is 2.24 bits per heavy atom. The molecular weight excluding hydrogens is 254 g/mol. The molecule has 0 aromatic heterocycles. The highest BCUT2D eigenvalue weighted by molar-refractivity contribution is 7.85. The van der Waals surface area contributed by atoms with Crippen molar-refractivity contribution in [1.82, 2.24) is 5.32 Å². The Morgan fingerprint density at radius 2 is 1.82 bits per heavy atom. The number of nitrogens with one attached hydrogen (secondary N) is 1. The number of hydrogen-bond acceptors (Lipinski definition) is 2. The van der Waals surface area contributed by atoms with E-state index in [1.807, 2.05) is 19.2 Å². The van der Waals surface area contributed by atoms with E-state index in [1.165, 1.54) is 0 Å². The maximum absolute atomic E-state index is 12.2. The predicted octanol–water partition coefficient (Wildman–Crippen LogP) is 3.08. The maximum Gasteiger partial charge on any atom is 0.0545 e. The fourth-order valence-corrected chi connectivity index (χ4v) is 3.33. The molecule has 0 heterocycles. The first kappa shape index (κ1) is 14.7. The summed E-state index contributed by atoms with van der Waals surface area (Å²) in [6.07, 6.45) is 0. The molecule has 0 radical (unpaired) electrons. The van der Waals surface area contributed by atoms with Gasteiger partial charge < -0.3 is 5.32 Å². The van der Waals surface area contributed by atoms with Crippen LogP contribution < -0.4 is 5.32 Å². The fraction of sp³-hybridized carbons (Fsp3) is 0.538. The van der Waals surface area contributed by atoms with Crippen molar-refractivity contribution in [3.05, 3.63) is 29.3 Å². The van der Waals surface area contributed by atoms with Crippen LogP contribution in [-0.4, -0.2) is 23.1 Å². The zero-order valence-electron chi connectivity index (χ0n) is 10.8. The van der Waals surface area contributed by atoms with Crippen LogP contribution in [0.15, 0.2) is 29.2 Å². The summed E-state index contributed by atoms with van der Waals surface area (Å²) in [7, 11) is 0.922. The fourth-order valence-electron chi connectivity index (χ4n) is 1.60. The third-order valence-electron chi connectivity index (χ3n) is 2.79. The van der Waals surface area contributed by atoms with Crippen molar-refractivity contribution in [1.29, 1.82) is 0 Å². The molecule has 0 spiro atoms. The Balaban J connectivity index is 2.75. The topological polar surface area (TPSA) is 29.1 Å². The molecule has 1 rings (SSSR count). The Hall–Kier alpha value is -0.380. The van der Waals surface area contributed by atoms with Crippen LogP contribution in [0.25, 0.3) is 0 Å². The summed E-state index contributed by atoms with van der Waals surface area (Å²) in [5.41, 5.74) is 0.0941. The Kier molecular flexibility index (Phi) is 5.17. The van der Waals surface area contributed by atoms with Crippen LogP contribution in [0.1, 0.15) is 20.8 Å². The van der Waals surface area contributed by atoms with E-state index in [2.05, 4.69) is 26.1 Å². The predicted molar refractivity (Wildman–Crippen MR) is 75.0 cm³/mol. The highest BCUT2D eigenvalue weighted by Crippen LogP contribution is 2.22. The quantitative estimate of drug-likeness (QED) is 0.913. The van der Waals surface area contributed by atoms with Gasteiger partial charge in [-0.2, -0.15) is 0 Å². The second-order valence-corrected chi connectivity index (χ2v) is 7.11. The second-order valence-electron chi connectivity index (χ2n) is 5.17. The summed E-state index contributed by atoms with van der Waals surface area (Å²) >= 11 is 5.81. The van der Waals surface area contributed by atoms with E-state index in [0.29, 0.717) is 10.8 Å². The monoisotopic (exact) mass is 273 g/mol. The number of hydrogen-bond donors (Lipinski definition) is 1. The number of rotatable bonds is 4. The summed E-state index contributed by atoms with van der Waals surface area (Å²) in [4.78, 5) is 0.832. The molecule has 2 unspecified atom stereocenters. The summed E-state index contributed by atoms with van der Waals surface area (Å²) in [6, 6.07) is 7.43. The van der Waals surface area contributed by atoms with Crippen LogP contribution in [0.2, 0.25) is 5.02 Å². The van der Waals surface area contributed by atoms with E-state index < -0.39 is 10.8 Å². The molecule has 0 bridgehead atoms. The molecule has 96 valence electrons. The SMILES string of the molecule is CNC(CS(=O)c1ccc(Cl)cc1)C(C)(C)C. The van der Waals surface area contributed by atoms with E-state index in [-0.39, 0.29) is 11.5 Å². The minimum absolute atomic E-state index is 0.0941. The Labute approximate surface area is 111 Å². The normalized spacial score (nSPS) is 15.6. The van der Waals surface area contributed by atoms with Crippen molar-refractivity contribution in [3.8, 4) is 0 Å². The van der Waals surface area contributed by atoms with Crippen LogP contribution in [0.3, 0.4) is 0 Å². The molecular formula is C13H20ClNOS. The van der Waals surface area contributed by atoms with E-state index in [9.17, 15) is 4.21 Å². The molecule has 0 fully saturated rings. The van der Waals surface area contributed by atoms with Crippen LogP contribution in [-0.2, 0) is 10.8 Å². The van der Waals surface area contributed by atoms with Gasteiger partial charge in [0.25, 0.3) is 0 Å². The van der Waals surface area contributed by atoms with Crippen molar-refractivity contribution in [2.24, 2.45) is 5.41 Å². The lowest BCUT2D eigenvalue weighted by atomic mass is 9.88. The Bertz CT molecular complexity index is 383. The van der Waals surface area contributed by atoms with Gasteiger partial charge in [0.15, 0.2) is 0 Å². The molecule has 1 aromatic carbocycles. The molecule has 0 aliphatic carbocycles. The van der Waals surface area contributed by atoms with Gasteiger partial charge in [-0.15, -0.1) is 0 Å². The van der Waals surface area contributed by atoms with Crippen molar-refractivity contribution in [2.45, 2.75) is 31.7 Å². The third-order valence-corrected chi connectivity index (χ3v) is 4.47. The second kappa shape index (κ2) is 5.98. The van der Waals surface area contributed by atoms with Gasteiger partial charge in [-0.25, -0.2) is 0 Å². The van der Waals surface area contributed by atoms with Gasteiger partial charge in [0.1, 0.15) is 0 Å². The minimum atomic E-state index is -0.989. The van der Waals surface area contributed by atoms with Crippen molar-refractivity contribution in [2.75, 3.05) is 12.8 Å². The molecule has 1 N–H and O–H groups in total. The molecule has 0 saturated carbocycles. The van der Waals surface area contributed by atoms with Crippen LogP contribution in [0, 0.1) is 5.41 Å². The maximum atomic E-state index is 12.2. The molecule has 1 aromatic rings. The van der Waals surface area contributed by atoms with Gasteiger partial charge in [0.2, 0.25) is 0 Å². The summed E-state index contributed by atoms with van der Waals surface area (Å²) in [5, 5.41) is 3.91. The lowest BCUT2D eigenvalue weighted by molar-refractivity contribution is 0.304. The molecule has 0 saturated heterocycles. The van der Waals surface area contributed by atoms with E-state index in [0.717, 1.165) is 4.90 Å². The molecule has 0 aliphatic rings. The smallest absolute Gasteiger partial charge is 0.0545 e. The highest BCUT2D eigenvalue weighted by Gasteiger charge is 2.25. The zero-order valence-corrected chi connectivity index (χ0v) is 12.4. The lowest BCUT2D eigenvalue weighted by Gasteiger charge is -2.30. The molecule has 0 aliphatic heterocycles. The molecule has 2 nitrogen and oxygen atoms in total. The average molecular weight is 274 g/mol. The first-order valence-electron chi connectivity index (χ1n) is 5.66. The van der Waals surface area contributed by atoms with E-state index >= 15 is 0 Å². The first-order chi connectivity index (χ1) is 7.84. The summed E-state index contributed by atoms with van der Waals surface area (Å²) < 4.78 is 12.2. The Morgan fingerprint density at radius 1 is 1.29 bits per heavy atom. The van der Waals surface area contributed by atoms with E-state index in [1.54, 1.807) is 12.1 Å². The molecule has 4 heteroatoms. The van der Waals surface area contributed by atoms with Crippen molar-refractivity contribution < 1.29 is 4.21 Å². The minimum Gasteiger partial charge on any atom is -0.316 e. The van der Waals surface area contributed by atoms with Crippen LogP contribution >= 0.6 is 11.6 Å². The van der Waals surface area contributed by atoms with E-state index in [4.69, 9.17) is 11.6 Å². The highest BCUT2D eigenvalue weighted by atomic mass is 35.5. The van der Waals surface area contributed by atoms with Gasteiger partial charge >= 0.3 is 0 Å². The lowest BCUT2D eigenvalue weighted by Crippen LogP contribution is -2.42.